The molecule has 0 radical (unpaired) electrons. The van der Waals surface area contributed by atoms with Gasteiger partial charge in [0.05, 0.1) is 0 Å². The molecular weight excluding hydrogens is 462 g/mol. The van der Waals surface area contributed by atoms with E-state index in [0.717, 1.165) is 0 Å². The van der Waals surface area contributed by atoms with E-state index in [9.17, 15) is 0 Å². The molecule has 0 nitrogen and oxygen atoms in total. The summed E-state index contributed by atoms with van der Waals surface area (Å²) in [5.74, 6) is 0. The van der Waals surface area contributed by atoms with E-state index in [-0.39, 0.29) is 56.4 Å². The van der Waals surface area contributed by atoms with Crippen molar-refractivity contribution in [2.75, 3.05) is 0 Å². The Kier molecular flexibility index (Phi) is 17.8. The number of hydrogen-bond acceptors (Lipinski definition) is 0. The fourth-order valence-corrected chi connectivity index (χ4v) is 3.57. The summed E-state index contributed by atoms with van der Waals surface area (Å²) in [7, 11) is 0. The maximum absolute atomic E-state index is 3.44. The van der Waals surface area contributed by atoms with Crippen molar-refractivity contribution in [1.29, 1.82) is 0 Å². The molecule has 0 atom stereocenters. The molecule has 0 bridgehead atoms. The van der Waals surface area contributed by atoms with Gasteiger partial charge in [-0.2, -0.15) is 33.4 Å². The van der Waals surface area contributed by atoms with Crippen LogP contribution in [0, 0.1) is 25.3 Å². The first-order chi connectivity index (χ1) is 11.7. The number of halogens is 2. The Morgan fingerprint density at radius 2 is 1.43 bits per heavy atom. The van der Waals surface area contributed by atoms with Gasteiger partial charge in [0.15, 0.2) is 0 Å². The second-order valence-electron chi connectivity index (χ2n) is 8.28. The average molecular weight is 503 g/mol. The number of allylic oxidation sites excluding steroid dienone is 4. The molecule has 1 aliphatic rings. The summed E-state index contributed by atoms with van der Waals surface area (Å²) in [6.45, 7) is 20.0. The Hall–Kier alpha value is 0.293. The second kappa shape index (κ2) is 15.1. The van der Waals surface area contributed by atoms with Gasteiger partial charge >= 0.3 is 26.2 Å². The minimum atomic E-state index is 0. The van der Waals surface area contributed by atoms with Gasteiger partial charge in [-0.25, -0.2) is 11.6 Å². The molecule has 158 valence electrons. The fraction of sp³-hybridized carbons (Fsp3) is 0.640. The molecule has 0 N–H and O–H groups in total. The van der Waals surface area contributed by atoms with Crippen LogP contribution < -0.4 is 24.8 Å². The molecule has 0 aliphatic heterocycles. The third-order valence-electron chi connectivity index (χ3n) is 6.04. The van der Waals surface area contributed by atoms with E-state index in [1.807, 2.05) is 0 Å². The first kappa shape index (κ1) is 32.9. The second-order valence-corrected chi connectivity index (χ2v) is 8.28. The van der Waals surface area contributed by atoms with E-state index >= 15 is 0 Å². The molecule has 28 heavy (non-hydrogen) atoms. The Morgan fingerprint density at radius 3 is 1.79 bits per heavy atom. The summed E-state index contributed by atoms with van der Waals surface area (Å²) in [4.78, 5) is 0. The van der Waals surface area contributed by atoms with Gasteiger partial charge in [-0.1, -0.05) is 99.3 Å². The standard InChI is InChI=1S/C15H25.C10H15.2ClH.Zr/c1-5-7-9-14-11-15(10-8-6-2)13(4)12(14)3;1-7-6-10(4,5)9(3)8(7)2;;;/h11H,5-10H2,1-4H3;1-5H3;2*1H;/q2*-1;;;+4/p-2. The predicted octanol–water partition coefficient (Wildman–Crippen LogP) is 1.83. The first-order valence-corrected chi connectivity index (χ1v) is 10.2. The average Bonchev–Trinajstić information content (AvgIpc) is 2.93. The van der Waals surface area contributed by atoms with Crippen LogP contribution >= 0.6 is 0 Å². The van der Waals surface area contributed by atoms with Crippen molar-refractivity contribution < 1.29 is 51.0 Å². The van der Waals surface area contributed by atoms with Crippen molar-refractivity contribution in [3.63, 3.8) is 0 Å². The number of aryl methyl sites for hydroxylation is 2. The Bertz CT molecular complexity index is 605. The summed E-state index contributed by atoms with van der Waals surface area (Å²) in [6.07, 6.45) is 11.2. The third kappa shape index (κ3) is 8.97. The minimum absolute atomic E-state index is 0. The third-order valence-corrected chi connectivity index (χ3v) is 6.04. The zero-order valence-corrected chi connectivity index (χ0v) is 23.5. The van der Waals surface area contributed by atoms with Crippen molar-refractivity contribution in [3.8, 4) is 0 Å². The van der Waals surface area contributed by atoms with E-state index in [1.54, 1.807) is 22.3 Å². The van der Waals surface area contributed by atoms with E-state index in [1.165, 1.54) is 55.2 Å². The van der Waals surface area contributed by atoms with Crippen LogP contribution in [-0.4, -0.2) is 0 Å². The summed E-state index contributed by atoms with van der Waals surface area (Å²) in [6, 6.07) is 2.45. The van der Waals surface area contributed by atoms with Gasteiger partial charge in [-0.3, -0.25) is 6.08 Å². The van der Waals surface area contributed by atoms with Gasteiger partial charge in [0.25, 0.3) is 0 Å². The molecule has 3 heteroatoms. The molecule has 0 amide bonds. The monoisotopic (exact) mass is 500 g/mol. The maximum Gasteiger partial charge on any atom is 4.00 e. The minimum Gasteiger partial charge on any atom is -1.00 e. The summed E-state index contributed by atoms with van der Waals surface area (Å²) >= 11 is 0. The van der Waals surface area contributed by atoms with Gasteiger partial charge in [0.1, 0.15) is 0 Å². The predicted molar refractivity (Wildman–Crippen MR) is 113 cm³/mol. The molecule has 0 fully saturated rings. The van der Waals surface area contributed by atoms with Gasteiger partial charge in [-0.05, 0) is 0 Å². The van der Waals surface area contributed by atoms with Crippen molar-refractivity contribution in [3.05, 3.63) is 51.1 Å². The molecule has 2 rings (SSSR count). The van der Waals surface area contributed by atoms with Crippen LogP contribution in [0.3, 0.4) is 0 Å². The molecule has 1 aromatic carbocycles. The number of rotatable bonds is 6. The van der Waals surface area contributed by atoms with Crippen LogP contribution in [-0.2, 0) is 39.0 Å². The van der Waals surface area contributed by atoms with Gasteiger partial charge in [-0.15, -0.1) is 6.92 Å². The number of hydrogen-bond donors (Lipinski definition) is 0. The smallest absolute Gasteiger partial charge is 1.00 e. The van der Waals surface area contributed by atoms with Crippen molar-refractivity contribution in [2.24, 2.45) is 5.41 Å². The van der Waals surface area contributed by atoms with Gasteiger partial charge < -0.3 is 24.8 Å². The summed E-state index contributed by atoms with van der Waals surface area (Å²) < 4.78 is 0. The molecule has 1 aliphatic carbocycles. The number of unbranched alkanes of at least 4 members (excludes halogenated alkanes) is 2. The molecule has 0 spiro atoms. The molecule has 0 saturated heterocycles. The Balaban J connectivity index is -0.000000427. The zero-order valence-electron chi connectivity index (χ0n) is 19.6. The van der Waals surface area contributed by atoms with Crippen LogP contribution in [0.1, 0.15) is 96.4 Å². The molecule has 0 saturated carbocycles. The van der Waals surface area contributed by atoms with Crippen molar-refractivity contribution >= 4 is 0 Å². The first-order valence-electron chi connectivity index (χ1n) is 10.2. The summed E-state index contributed by atoms with van der Waals surface area (Å²) in [5, 5.41) is 0. The van der Waals surface area contributed by atoms with Crippen molar-refractivity contribution in [1.82, 2.24) is 0 Å². The fourth-order valence-electron chi connectivity index (χ4n) is 3.57. The largest absolute Gasteiger partial charge is 4.00 e. The Morgan fingerprint density at radius 1 is 0.929 bits per heavy atom. The van der Waals surface area contributed by atoms with E-state index in [4.69, 9.17) is 0 Å². The van der Waals surface area contributed by atoms with Gasteiger partial charge in [0, 0.05) is 0 Å². The maximum atomic E-state index is 3.44. The molecule has 0 heterocycles. The van der Waals surface area contributed by atoms with Crippen molar-refractivity contribution in [2.45, 2.75) is 101 Å². The molecular formula is C25H40Cl2Zr. The molecule has 1 aromatic rings. The Labute approximate surface area is 207 Å². The normalized spacial score (nSPS) is 14.2. The zero-order chi connectivity index (χ0) is 19.2. The summed E-state index contributed by atoms with van der Waals surface area (Å²) in [5.41, 5.74) is 10.7. The molecule has 0 aromatic heterocycles. The van der Waals surface area contributed by atoms with Crippen LogP contribution in [0.2, 0.25) is 0 Å². The van der Waals surface area contributed by atoms with Gasteiger partial charge in [0.2, 0.25) is 0 Å². The molecule has 0 unspecified atom stereocenters. The SMILES string of the molecule is CC1=[C-]C(C)(C)C(C)=C1C.CCCCc1cc(CCCC)[c-](C)c1C.[Cl-].[Cl-].[Zr+4]. The van der Waals surface area contributed by atoms with Crippen LogP contribution in [0.4, 0.5) is 0 Å². The van der Waals surface area contributed by atoms with Crippen LogP contribution in [0.15, 0.2) is 22.8 Å². The quantitative estimate of drug-likeness (QED) is 0.521. The van der Waals surface area contributed by atoms with E-state index < -0.39 is 0 Å². The topological polar surface area (TPSA) is 0 Å². The van der Waals surface area contributed by atoms with E-state index in [2.05, 4.69) is 74.5 Å². The van der Waals surface area contributed by atoms with Crippen LogP contribution in [0.5, 0.6) is 0 Å². The van der Waals surface area contributed by atoms with Crippen LogP contribution in [0.25, 0.3) is 0 Å². The van der Waals surface area contributed by atoms with E-state index in [0.29, 0.717) is 0 Å².